The van der Waals surface area contributed by atoms with Crippen LogP contribution in [-0.2, 0) is 14.2 Å². The second-order valence-electron chi connectivity index (χ2n) is 5.05. The molecule has 126 valence electrons. The van der Waals surface area contributed by atoms with Crippen molar-refractivity contribution in [1.82, 2.24) is 0 Å². The van der Waals surface area contributed by atoms with Gasteiger partial charge in [0.1, 0.15) is 12.2 Å². The minimum absolute atomic E-state index is 0.0713. The highest BCUT2D eigenvalue weighted by atomic mass is 16.7. The molecule has 0 aromatic carbocycles. The van der Waals surface area contributed by atoms with Crippen LogP contribution in [0.15, 0.2) is 0 Å². The molecule has 0 aliphatic carbocycles. The molecule has 21 heavy (non-hydrogen) atoms. The zero-order valence-electron chi connectivity index (χ0n) is 12.2. The van der Waals surface area contributed by atoms with Gasteiger partial charge < -0.3 is 39.7 Å². The fourth-order valence-electron chi connectivity index (χ4n) is 2.13. The zero-order valence-corrected chi connectivity index (χ0v) is 12.2. The maximum absolute atomic E-state index is 10.0. The van der Waals surface area contributed by atoms with Crippen molar-refractivity contribution in [2.75, 3.05) is 26.4 Å². The first-order valence-corrected chi connectivity index (χ1v) is 7.18. The molecule has 0 aromatic rings. The van der Waals surface area contributed by atoms with E-state index in [0.717, 1.165) is 0 Å². The summed E-state index contributed by atoms with van der Waals surface area (Å²) in [5, 5.41) is 47.4. The number of rotatable bonds is 9. The van der Waals surface area contributed by atoms with Crippen molar-refractivity contribution < 1.29 is 39.7 Å². The largest absolute Gasteiger partial charge is 0.394 e. The molecule has 8 heteroatoms. The topological polar surface area (TPSA) is 129 Å². The quantitative estimate of drug-likeness (QED) is 0.309. The number of hydrogen-bond donors (Lipinski definition) is 5. The van der Waals surface area contributed by atoms with E-state index in [-0.39, 0.29) is 32.8 Å². The molecule has 1 saturated heterocycles. The van der Waals surface area contributed by atoms with Gasteiger partial charge in [0, 0.05) is 6.42 Å². The Bertz CT molecular complexity index is 277. The summed E-state index contributed by atoms with van der Waals surface area (Å²) in [5.74, 6) is 0. The lowest BCUT2D eigenvalue weighted by Crippen LogP contribution is -2.50. The van der Waals surface area contributed by atoms with Gasteiger partial charge in [0.2, 0.25) is 0 Å². The highest BCUT2D eigenvalue weighted by molar-refractivity contribution is 4.81. The molecule has 1 fully saturated rings. The van der Waals surface area contributed by atoms with Crippen molar-refractivity contribution in [3.63, 3.8) is 0 Å². The molecular weight excluding hydrogens is 284 g/mol. The van der Waals surface area contributed by atoms with E-state index >= 15 is 0 Å². The van der Waals surface area contributed by atoms with Crippen LogP contribution >= 0.6 is 0 Å². The Balaban J connectivity index is 2.68. The third-order valence-electron chi connectivity index (χ3n) is 3.38. The molecule has 0 saturated carbocycles. The van der Waals surface area contributed by atoms with Crippen LogP contribution in [-0.4, -0.2) is 88.8 Å². The Hall–Kier alpha value is -0.320. The second kappa shape index (κ2) is 9.65. The predicted octanol–water partition coefficient (Wildman–Crippen LogP) is -2.02. The zero-order chi connectivity index (χ0) is 15.8. The van der Waals surface area contributed by atoms with Crippen LogP contribution in [0.25, 0.3) is 0 Å². The molecule has 1 heterocycles. The molecule has 0 bridgehead atoms. The molecule has 0 radical (unpaired) electrons. The normalized spacial score (nSPS) is 30.9. The number of hydrogen-bond acceptors (Lipinski definition) is 8. The van der Waals surface area contributed by atoms with E-state index in [2.05, 4.69) is 0 Å². The van der Waals surface area contributed by atoms with Gasteiger partial charge in [-0.1, -0.05) is 6.92 Å². The van der Waals surface area contributed by atoms with E-state index in [1.54, 1.807) is 6.92 Å². The summed E-state index contributed by atoms with van der Waals surface area (Å²) in [6.45, 7) is 1.17. The monoisotopic (exact) mass is 310 g/mol. The molecule has 1 rings (SSSR count). The summed E-state index contributed by atoms with van der Waals surface area (Å²) in [6, 6.07) is 0. The molecular formula is C13H26O8. The Kier molecular flexibility index (Phi) is 8.60. The van der Waals surface area contributed by atoms with E-state index in [1.165, 1.54) is 0 Å². The summed E-state index contributed by atoms with van der Waals surface area (Å²) in [4.78, 5) is 0. The van der Waals surface area contributed by atoms with E-state index in [9.17, 15) is 20.4 Å². The smallest absolute Gasteiger partial charge is 0.186 e. The van der Waals surface area contributed by atoms with Gasteiger partial charge in [-0.15, -0.1) is 0 Å². The molecule has 8 nitrogen and oxygen atoms in total. The lowest BCUT2D eigenvalue weighted by atomic mass is 10.0. The first-order chi connectivity index (χ1) is 10.0. The third kappa shape index (κ3) is 5.76. The Labute approximate surface area is 123 Å². The third-order valence-corrected chi connectivity index (χ3v) is 3.38. The summed E-state index contributed by atoms with van der Waals surface area (Å²) < 4.78 is 16.0. The van der Waals surface area contributed by atoms with Gasteiger partial charge in [-0.3, -0.25) is 0 Å². The predicted molar refractivity (Wildman–Crippen MR) is 71.5 cm³/mol. The van der Waals surface area contributed by atoms with Crippen LogP contribution in [0.3, 0.4) is 0 Å². The maximum Gasteiger partial charge on any atom is 0.186 e. The van der Waals surface area contributed by atoms with Crippen molar-refractivity contribution in [3.8, 4) is 0 Å². The minimum atomic E-state index is -1.31. The average Bonchev–Trinajstić information content (AvgIpc) is 2.50. The van der Waals surface area contributed by atoms with Crippen LogP contribution < -0.4 is 0 Å². The van der Waals surface area contributed by atoms with Gasteiger partial charge in [-0.05, 0) is 6.42 Å². The number of aliphatic hydroxyl groups is 5. The molecule has 4 unspecified atom stereocenters. The molecule has 0 amide bonds. The minimum Gasteiger partial charge on any atom is -0.394 e. The Morgan fingerprint density at radius 1 is 1.29 bits per heavy atom. The Morgan fingerprint density at radius 2 is 2.00 bits per heavy atom. The molecule has 1 aliphatic rings. The molecule has 0 spiro atoms. The second-order valence-corrected chi connectivity index (χ2v) is 5.05. The first kappa shape index (κ1) is 18.7. The van der Waals surface area contributed by atoms with E-state index in [1.807, 2.05) is 0 Å². The van der Waals surface area contributed by atoms with Gasteiger partial charge in [0.15, 0.2) is 6.29 Å². The fraction of sp³-hybridized carbons (Fsp3) is 1.00. The first-order valence-electron chi connectivity index (χ1n) is 7.18. The molecule has 6 atom stereocenters. The van der Waals surface area contributed by atoms with Gasteiger partial charge in [-0.25, -0.2) is 0 Å². The van der Waals surface area contributed by atoms with Gasteiger partial charge in [0.25, 0.3) is 0 Å². The van der Waals surface area contributed by atoms with Crippen LogP contribution in [0.5, 0.6) is 0 Å². The highest BCUT2D eigenvalue weighted by Crippen LogP contribution is 2.21. The lowest BCUT2D eigenvalue weighted by Gasteiger charge is -2.37. The SMILES string of the molecule is CCC(O)C(O)[C@H](OCCO)O[C@H]1CC(O)COC1CO. The van der Waals surface area contributed by atoms with Gasteiger partial charge in [-0.2, -0.15) is 0 Å². The van der Waals surface area contributed by atoms with Gasteiger partial charge >= 0.3 is 0 Å². The van der Waals surface area contributed by atoms with Crippen molar-refractivity contribution >= 4 is 0 Å². The molecule has 5 N–H and O–H groups in total. The number of ether oxygens (including phenoxy) is 3. The molecule has 1 aliphatic heterocycles. The summed E-state index contributed by atoms with van der Waals surface area (Å²) in [5.41, 5.74) is 0. The van der Waals surface area contributed by atoms with Crippen LogP contribution in [0.1, 0.15) is 19.8 Å². The van der Waals surface area contributed by atoms with E-state index < -0.39 is 36.8 Å². The van der Waals surface area contributed by atoms with Crippen molar-refractivity contribution in [1.29, 1.82) is 0 Å². The fourth-order valence-corrected chi connectivity index (χ4v) is 2.13. The lowest BCUT2D eigenvalue weighted by molar-refractivity contribution is -0.268. The average molecular weight is 310 g/mol. The van der Waals surface area contributed by atoms with Crippen LogP contribution in [0.4, 0.5) is 0 Å². The maximum atomic E-state index is 10.0. The summed E-state index contributed by atoms with van der Waals surface area (Å²) in [6.07, 6.45) is -5.06. The van der Waals surface area contributed by atoms with Gasteiger partial charge in [0.05, 0.1) is 44.7 Å². The van der Waals surface area contributed by atoms with Crippen molar-refractivity contribution in [2.45, 2.75) is 56.6 Å². The molecule has 0 aromatic heterocycles. The van der Waals surface area contributed by atoms with Crippen molar-refractivity contribution in [3.05, 3.63) is 0 Å². The van der Waals surface area contributed by atoms with E-state index in [4.69, 9.17) is 19.3 Å². The van der Waals surface area contributed by atoms with E-state index in [0.29, 0.717) is 6.42 Å². The van der Waals surface area contributed by atoms with Crippen LogP contribution in [0.2, 0.25) is 0 Å². The van der Waals surface area contributed by atoms with Crippen LogP contribution in [0, 0.1) is 0 Å². The summed E-state index contributed by atoms with van der Waals surface area (Å²) in [7, 11) is 0. The Morgan fingerprint density at radius 3 is 2.57 bits per heavy atom. The standard InChI is InChI=1S/C13H26O8/c1-2-9(17)12(18)13(19-4-3-14)21-10-5-8(16)7-20-11(10)6-15/h8-18H,2-7H2,1H3/t8?,9?,10-,11?,12?,13+/m0/s1. The summed E-state index contributed by atoms with van der Waals surface area (Å²) >= 11 is 0. The van der Waals surface area contributed by atoms with Crippen molar-refractivity contribution in [2.24, 2.45) is 0 Å². The number of aliphatic hydroxyl groups excluding tert-OH is 5. The highest BCUT2D eigenvalue weighted by Gasteiger charge is 2.36.